The summed E-state index contributed by atoms with van der Waals surface area (Å²) in [6.07, 6.45) is 0.131. The van der Waals surface area contributed by atoms with Crippen molar-refractivity contribution >= 4 is 34.7 Å². The summed E-state index contributed by atoms with van der Waals surface area (Å²) in [4.78, 5) is 27.3. The van der Waals surface area contributed by atoms with Crippen LogP contribution in [0.2, 0.25) is 5.02 Å². The lowest BCUT2D eigenvalue weighted by Gasteiger charge is -2.37. The lowest BCUT2D eigenvalue weighted by molar-refractivity contribution is -0.154. The minimum Gasteiger partial charge on any atom is -0.453 e. The average Bonchev–Trinajstić information content (AvgIpc) is 3.68. The van der Waals surface area contributed by atoms with E-state index in [9.17, 15) is 9.90 Å². The number of carbonyl (C=O) groups is 1. The van der Waals surface area contributed by atoms with Gasteiger partial charge in [0.05, 0.1) is 42.2 Å². The van der Waals surface area contributed by atoms with Gasteiger partial charge in [0.15, 0.2) is 12.1 Å². The first-order chi connectivity index (χ1) is 19.2. The second kappa shape index (κ2) is 10.4. The van der Waals surface area contributed by atoms with Crippen molar-refractivity contribution in [3.63, 3.8) is 0 Å². The number of nitrogens with zero attached hydrogens (tertiary/aromatic N) is 5. The van der Waals surface area contributed by atoms with Crippen LogP contribution in [0.5, 0.6) is 0 Å². The molecular formula is C27H32ClFN6O5. The number of aliphatic hydroxyl groups is 1. The van der Waals surface area contributed by atoms with Crippen molar-refractivity contribution in [3.05, 3.63) is 35.0 Å². The summed E-state index contributed by atoms with van der Waals surface area (Å²) in [5.41, 5.74) is 1.69. The van der Waals surface area contributed by atoms with E-state index in [1.54, 1.807) is 4.90 Å². The van der Waals surface area contributed by atoms with Gasteiger partial charge in [-0.15, -0.1) is 0 Å². The van der Waals surface area contributed by atoms with E-state index in [0.29, 0.717) is 42.9 Å². The molecule has 6 rings (SSSR count). The third kappa shape index (κ3) is 4.56. The number of aromatic nitrogens is 4. The van der Waals surface area contributed by atoms with Gasteiger partial charge in [-0.2, -0.15) is 0 Å². The second-order valence-electron chi connectivity index (χ2n) is 10.9. The Balaban J connectivity index is 1.35. The Labute approximate surface area is 235 Å². The van der Waals surface area contributed by atoms with Gasteiger partial charge in [-0.3, -0.25) is 0 Å². The number of rotatable bonds is 5. The molecule has 40 heavy (non-hydrogen) atoms. The highest BCUT2D eigenvalue weighted by Gasteiger charge is 2.48. The predicted octanol–water partition coefficient (Wildman–Crippen LogP) is 3.96. The van der Waals surface area contributed by atoms with Gasteiger partial charge in [-0.25, -0.2) is 24.1 Å². The van der Waals surface area contributed by atoms with E-state index in [4.69, 9.17) is 30.8 Å². The van der Waals surface area contributed by atoms with E-state index in [1.165, 1.54) is 19.4 Å². The van der Waals surface area contributed by atoms with Crippen LogP contribution in [0, 0.1) is 11.7 Å². The quantitative estimate of drug-likeness (QED) is 0.466. The molecule has 1 aromatic carbocycles. The molecule has 13 heteroatoms. The van der Waals surface area contributed by atoms with Gasteiger partial charge < -0.3 is 34.1 Å². The molecule has 214 valence electrons. The zero-order chi connectivity index (χ0) is 28.3. The van der Waals surface area contributed by atoms with Crippen LogP contribution >= 0.6 is 11.6 Å². The summed E-state index contributed by atoms with van der Waals surface area (Å²) in [5.74, 6) is 0.270. The molecule has 5 heterocycles. The average molecular weight is 575 g/mol. The minimum atomic E-state index is -0.810. The van der Waals surface area contributed by atoms with Gasteiger partial charge in [0.1, 0.15) is 23.5 Å². The Hall–Kier alpha value is -3.06. The van der Waals surface area contributed by atoms with Gasteiger partial charge >= 0.3 is 6.09 Å². The number of carbonyl (C=O) groups excluding carboxylic acids is 1. The predicted molar refractivity (Wildman–Crippen MR) is 145 cm³/mol. The summed E-state index contributed by atoms with van der Waals surface area (Å²) in [5, 5.41) is 14.3. The first kappa shape index (κ1) is 27.1. The molecule has 6 atom stereocenters. The number of amides is 1. The Kier molecular flexibility index (Phi) is 7.06. The first-order valence-electron chi connectivity index (χ1n) is 13.4. The van der Waals surface area contributed by atoms with Crippen molar-refractivity contribution in [3.8, 4) is 11.3 Å². The number of halogens is 2. The number of anilines is 1. The normalized spacial score (nSPS) is 28.1. The van der Waals surface area contributed by atoms with E-state index < -0.39 is 30.4 Å². The van der Waals surface area contributed by atoms with E-state index >= 15 is 4.39 Å². The van der Waals surface area contributed by atoms with Gasteiger partial charge in [-0.05, 0) is 32.4 Å². The maximum atomic E-state index is 15.6. The molecule has 3 aliphatic heterocycles. The number of hydrogen-bond acceptors (Lipinski definition) is 9. The third-order valence-electron chi connectivity index (χ3n) is 8.07. The number of methoxy groups -OCH3 is 1. The molecule has 1 amide bonds. The number of likely N-dealkylation sites (tertiary alicyclic amines) is 1. The standard InChI is InChI=1S/C27H32ClFN6O5/c1-12(2)35-18-8-15(7-17(29)22(18)31-24(35)14-5-6-34(10-14)27(37)38-4)21-16(28)9-30-26(33-21)32-20-13(3)25-39-11-19(40-25)23(20)36/h7-9,12-14,19-20,23,25,36H,5-6,10-11H2,1-4H3,(H,30,32,33)/t13-,14+,19-,20?,23+,25-/m0/s1. The lowest BCUT2D eigenvalue weighted by atomic mass is 9.91. The SMILES string of the molecule is COC(=O)N1CC[C@@H](c2nc3c(F)cc(-c4nc(NC5[C@H](C)[C@H]6OC[C@H](O6)[C@H]5O)ncc4Cl)cc3n2C(C)C)C1. The van der Waals surface area contributed by atoms with Crippen LogP contribution in [0.15, 0.2) is 18.3 Å². The lowest BCUT2D eigenvalue weighted by Crippen LogP contribution is -2.53. The zero-order valence-corrected chi connectivity index (χ0v) is 23.4. The van der Waals surface area contributed by atoms with Crippen molar-refractivity contribution in [2.75, 3.05) is 32.1 Å². The number of nitrogens with one attached hydrogen (secondary N) is 1. The summed E-state index contributed by atoms with van der Waals surface area (Å²) in [6, 6.07) is 2.78. The van der Waals surface area contributed by atoms with Gasteiger partial charge in [-0.1, -0.05) is 18.5 Å². The van der Waals surface area contributed by atoms with Crippen LogP contribution in [0.4, 0.5) is 15.1 Å². The van der Waals surface area contributed by atoms with Gasteiger partial charge in [0.2, 0.25) is 5.95 Å². The molecule has 3 fully saturated rings. The number of imidazole rings is 1. The van der Waals surface area contributed by atoms with Crippen molar-refractivity contribution < 1.29 is 28.5 Å². The minimum absolute atomic E-state index is 0.0194. The van der Waals surface area contributed by atoms with Crippen molar-refractivity contribution in [1.29, 1.82) is 0 Å². The van der Waals surface area contributed by atoms with Crippen LogP contribution in [0.1, 0.15) is 45.0 Å². The number of ether oxygens (including phenoxy) is 3. The zero-order valence-electron chi connectivity index (χ0n) is 22.7. The summed E-state index contributed by atoms with van der Waals surface area (Å²) in [7, 11) is 1.36. The number of aliphatic hydroxyl groups excluding tert-OH is 1. The highest BCUT2D eigenvalue weighted by atomic mass is 35.5. The smallest absolute Gasteiger partial charge is 0.409 e. The molecule has 0 radical (unpaired) electrons. The maximum absolute atomic E-state index is 15.6. The van der Waals surface area contributed by atoms with Crippen molar-refractivity contribution in [2.45, 2.75) is 63.7 Å². The molecule has 2 aromatic heterocycles. The number of fused-ring (bicyclic) bond motifs is 3. The van der Waals surface area contributed by atoms with E-state index in [2.05, 4.69) is 15.3 Å². The number of benzene rings is 1. The van der Waals surface area contributed by atoms with Crippen molar-refractivity contribution in [2.24, 2.45) is 5.92 Å². The molecule has 1 unspecified atom stereocenters. The molecule has 3 aromatic rings. The van der Waals surface area contributed by atoms with Crippen LogP contribution in [0.3, 0.4) is 0 Å². The van der Waals surface area contributed by atoms with Crippen molar-refractivity contribution in [1.82, 2.24) is 24.4 Å². The third-order valence-corrected chi connectivity index (χ3v) is 8.35. The molecule has 0 aliphatic carbocycles. The Morgan fingerprint density at radius 2 is 2.12 bits per heavy atom. The molecule has 0 spiro atoms. The van der Waals surface area contributed by atoms with Gasteiger partial charge in [0.25, 0.3) is 0 Å². The topological polar surface area (TPSA) is 124 Å². The Bertz CT molecular complexity index is 1440. The second-order valence-corrected chi connectivity index (χ2v) is 11.4. The molecule has 2 bridgehead atoms. The van der Waals surface area contributed by atoms with E-state index in [1.807, 2.05) is 31.4 Å². The van der Waals surface area contributed by atoms with Crippen LogP contribution in [-0.2, 0) is 14.2 Å². The molecular weight excluding hydrogens is 543 g/mol. The molecule has 3 saturated heterocycles. The van der Waals surface area contributed by atoms with E-state index in [0.717, 1.165) is 5.82 Å². The molecule has 11 nitrogen and oxygen atoms in total. The summed E-state index contributed by atoms with van der Waals surface area (Å²) in [6.45, 7) is 7.28. The highest BCUT2D eigenvalue weighted by molar-refractivity contribution is 6.33. The maximum Gasteiger partial charge on any atom is 0.409 e. The van der Waals surface area contributed by atoms with Crippen LogP contribution in [0.25, 0.3) is 22.3 Å². The largest absolute Gasteiger partial charge is 0.453 e. The summed E-state index contributed by atoms with van der Waals surface area (Å²) >= 11 is 6.52. The van der Waals surface area contributed by atoms with Crippen LogP contribution < -0.4 is 5.32 Å². The first-order valence-corrected chi connectivity index (χ1v) is 13.8. The highest BCUT2D eigenvalue weighted by Crippen LogP contribution is 2.37. The molecule has 2 N–H and O–H groups in total. The summed E-state index contributed by atoms with van der Waals surface area (Å²) < 4.78 is 33.8. The van der Waals surface area contributed by atoms with E-state index in [-0.39, 0.29) is 40.5 Å². The Morgan fingerprint density at radius 1 is 1.32 bits per heavy atom. The fourth-order valence-electron chi connectivity index (χ4n) is 6.02. The van der Waals surface area contributed by atoms with Gasteiger partial charge in [0, 0.05) is 36.5 Å². The molecule has 3 aliphatic rings. The van der Waals surface area contributed by atoms with Crippen LogP contribution in [-0.4, -0.2) is 87.0 Å². The molecule has 0 saturated carbocycles. The Morgan fingerprint density at radius 3 is 2.88 bits per heavy atom. The fraction of sp³-hybridized carbons (Fsp3) is 0.556. The number of hydrogen-bond donors (Lipinski definition) is 2. The fourth-order valence-corrected chi connectivity index (χ4v) is 6.22. The monoisotopic (exact) mass is 574 g/mol.